The molecule has 1 saturated heterocycles. The quantitative estimate of drug-likeness (QED) is 0.485. The fourth-order valence-electron chi connectivity index (χ4n) is 5.37. The molecule has 0 saturated carbocycles. The highest BCUT2D eigenvalue weighted by atomic mass is 79.9. The van der Waals surface area contributed by atoms with E-state index in [1.165, 1.54) is 4.90 Å². The average molecular weight is 547 g/mol. The van der Waals surface area contributed by atoms with Crippen molar-refractivity contribution in [2.75, 3.05) is 11.4 Å². The molecular weight excluding hydrogens is 512 g/mol. The summed E-state index contributed by atoms with van der Waals surface area (Å²) in [4.78, 5) is 43.8. The molecule has 1 aromatic carbocycles. The smallest absolute Gasteiger partial charge is 0.407 e. The second-order valence-electron chi connectivity index (χ2n) is 9.52. The SMILES string of the molecule is CCN(c1cc(Br)cc(C(=O)NCc2c(C)cc(C)[nH]c2=O)c1C)C1C[C@@H](C)N(C(=O)O)[C@H](C)C1. The molecule has 8 nitrogen and oxygen atoms in total. The maximum Gasteiger partial charge on any atom is 0.407 e. The maximum atomic E-state index is 13.2. The molecule has 0 unspecified atom stereocenters. The number of H-pyrrole nitrogens is 1. The summed E-state index contributed by atoms with van der Waals surface area (Å²) in [5, 5.41) is 12.5. The number of nitrogens with zero attached hydrogens (tertiary/aromatic N) is 2. The highest BCUT2D eigenvalue weighted by molar-refractivity contribution is 9.10. The number of carbonyl (C=O) groups excluding carboxylic acids is 1. The molecule has 9 heteroatoms. The predicted molar refractivity (Wildman–Crippen MR) is 141 cm³/mol. The van der Waals surface area contributed by atoms with Crippen LogP contribution >= 0.6 is 15.9 Å². The fourth-order valence-corrected chi connectivity index (χ4v) is 5.81. The Labute approximate surface area is 214 Å². The molecule has 2 amide bonds. The van der Waals surface area contributed by atoms with Crippen LogP contribution in [-0.4, -0.2) is 51.7 Å². The van der Waals surface area contributed by atoms with Crippen molar-refractivity contribution in [2.24, 2.45) is 0 Å². The Bertz CT molecular complexity index is 1170. The molecule has 3 rings (SSSR count). The molecule has 35 heavy (non-hydrogen) atoms. The zero-order valence-corrected chi connectivity index (χ0v) is 22.8. The molecule has 1 fully saturated rings. The van der Waals surface area contributed by atoms with Gasteiger partial charge in [-0.05, 0) is 83.7 Å². The third-order valence-corrected chi connectivity index (χ3v) is 7.45. The summed E-state index contributed by atoms with van der Waals surface area (Å²) in [7, 11) is 0. The standard InChI is InChI=1S/C26H35BrN4O4/c1-7-30(20-9-16(4)31(26(34)35)17(5)10-20)23-12-19(27)11-21(18(23)6)24(32)28-13-22-14(2)8-15(3)29-25(22)33/h8,11-12,16-17,20H,7,9-10,13H2,1-6H3,(H,28,32)(H,29,33)(H,34,35)/t16-,17-/m1/s1. The van der Waals surface area contributed by atoms with Gasteiger partial charge >= 0.3 is 6.09 Å². The molecule has 2 aromatic rings. The molecular formula is C26H35BrN4O4. The number of pyridine rings is 1. The van der Waals surface area contributed by atoms with Gasteiger partial charge in [-0.25, -0.2) is 4.79 Å². The molecule has 1 aliphatic heterocycles. The van der Waals surface area contributed by atoms with Crippen molar-refractivity contribution in [2.45, 2.75) is 79.1 Å². The number of halogens is 1. The molecule has 1 aliphatic rings. The van der Waals surface area contributed by atoms with Crippen LogP contribution in [0.4, 0.5) is 10.5 Å². The van der Waals surface area contributed by atoms with Gasteiger partial charge < -0.3 is 25.2 Å². The third-order valence-electron chi connectivity index (χ3n) is 7.00. The van der Waals surface area contributed by atoms with Crippen LogP contribution in [0.15, 0.2) is 27.5 Å². The molecule has 0 radical (unpaired) electrons. The summed E-state index contributed by atoms with van der Waals surface area (Å²) >= 11 is 3.57. The van der Waals surface area contributed by atoms with E-state index in [-0.39, 0.29) is 36.1 Å². The second-order valence-corrected chi connectivity index (χ2v) is 10.4. The number of likely N-dealkylation sites (tertiary alicyclic amines) is 1. The first-order chi connectivity index (χ1) is 16.4. The van der Waals surface area contributed by atoms with Gasteiger partial charge in [-0.3, -0.25) is 9.59 Å². The highest BCUT2D eigenvalue weighted by Crippen LogP contribution is 2.34. The minimum atomic E-state index is -0.883. The van der Waals surface area contributed by atoms with Gasteiger partial charge in [0, 0.05) is 58.2 Å². The predicted octanol–water partition coefficient (Wildman–Crippen LogP) is 4.74. The van der Waals surface area contributed by atoms with Gasteiger partial charge in [-0.2, -0.15) is 0 Å². The third kappa shape index (κ3) is 5.72. The Morgan fingerprint density at radius 1 is 1.17 bits per heavy atom. The molecule has 2 atom stereocenters. The van der Waals surface area contributed by atoms with E-state index in [9.17, 15) is 19.5 Å². The van der Waals surface area contributed by atoms with Crippen LogP contribution in [0.3, 0.4) is 0 Å². The molecule has 3 N–H and O–H groups in total. The first-order valence-corrected chi connectivity index (χ1v) is 12.8. The number of nitrogens with one attached hydrogen (secondary N) is 2. The van der Waals surface area contributed by atoms with Crippen LogP contribution in [0.25, 0.3) is 0 Å². The van der Waals surface area contributed by atoms with Crippen LogP contribution in [0.5, 0.6) is 0 Å². The topological polar surface area (TPSA) is 106 Å². The highest BCUT2D eigenvalue weighted by Gasteiger charge is 2.36. The Morgan fingerprint density at radius 2 is 1.80 bits per heavy atom. The van der Waals surface area contributed by atoms with Crippen molar-refractivity contribution in [3.63, 3.8) is 0 Å². The lowest BCUT2D eigenvalue weighted by Crippen LogP contribution is -2.55. The van der Waals surface area contributed by atoms with E-state index >= 15 is 0 Å². The number of aryl methyl sites for hydroxylation is 2. The number of aromatic nitrogens is 1. The largest absolute Gasteiger partial charge is 0.465 e. The number of hydrogen-bond acceptors (Lipinski definition) is 4. The number of piperidine rings is 1. The summed E-state index contributed by atoms with van der Waals surface area (Å²) < 4.78 is 0.787. The van der Waals surface area contributed by atoms with Crippen LogP contribution in [0.1, 0.15) is 66.4 Å². The second kappa shape index (κ2) is 10.8. The number of carbonyl (C=O) groups is 2. The number of benzene rings is 1. The molecule has 190 valence electrons. The van der Waals surface area contributed by atoms with E-state index in [1.54, 1.807) is 6.07 Å². The molecule has 0 aliphatic carbocycles. The number of rotatable bonds is 6. The van der Waals surface area contributed by atoms with Crippen molar-refractivity contribution < 1.29 is 14.7 Å². The van der Waals surface area contributed by atoms with Crippen molar-refractivity contribution in [3.05, 3.63) is 61.0 Å². The van der Waals surface area contributed by atoms with Gasteiger partial charge in [0.1, 0.15) is 0 Å². The van der Waals surface area contributed by atoms with E-state index in [0.29, 0.717) is 24.0 Å². The number of carboxylic acid groups (broad SMARTS) is 1. The number of aromatic amines is 1. The van der Waals surface area contributed by atoms with Gasteiger partial charge in [-0.1, -0.05) is 15.9 Å². The van der Waals surface area contributed by atoms with Crippen molar-refractivity contribution >= 4 is 33.6 Å². The monoisotopic (exact) mass is 546 g/mol. The zero-order chi connectivity index (χ0) is 26.0. The number of amides is 2. The molecule has 2 heterocycles. The first kappa shape index (κ1) is 26.8. The molecule has 0 bridgehead atoms. The van der Waals surface area contributed by atoms with E-state index in [0.717, 1.165) is 33.5 Å². The molecule has 1 aromatic heterocycles. The Kier molecular flexibility index (Phi) is 8.30. The fraction of sp³-hybridized carbons (Fsp3) is 0.500. The van der Waals surface area contributed by atoms with E-state index < -0.39 is 6.09 Å². The van der Waals surface area contributed by atoms with Crippen LogP contribution in [0, 0.1) is 20.8 Å². The van der Waals surface area contributed by atoms with E-state index in [2.05, 4.69) is 38.1 Å². The van der Waals surface area contributed by atoms with Crippen molar-refractivity contribution in [3.8, 4) is 0 Å². The minimum absolute atomic E-state index is 0.0960. The summed E-state index contributed by atoms with van der Waals surface area (Å²) in [5.74, 6) is -0.247. The summed E-state index contributed by atoms with van der Waals surface area (Å²) in [6, 6.07) is 5.67. The average Bonchev–Trinajstić information content (AvgIpc) is 2.74. The van der Waals surface area contributed by atoms with Crippen LogP contribution < -0.4 is 15.8 Å². The Morgan fingerprint density at radius 3 is 2.34 bits per heavy atom. The van der Waals surface area contributed by atoms with Gasteiger partial charge in [0.05, 0.1) is 0 Å². The van der Waals surface area contributed by atoms with Gasteiger partial charge in [0.15, 0.2) is 0 Å². The van der Waals surface area contributed by atoms with Gasteiger partial charge in [-0.15, -0.1) is 0 Å². The molecule has 0 spiro atoms. The number of hydrogen-bond donors (Lipinski definition) is 3. The van der Waals surface area contributed by atoms with Crippen molar-refractivity contribution in [1.82, 2.24) is 15.2 Å². The first-order valence-electron chi connectivity index (χ1n) is 12.0. The van der Waals surface area contributed by atoms with Crippen LogP contribution in [-0.2, 0) is 6.54 Å². The van der Waals surface area contributed by atoms with E-state index in [4.69, 9.17) is 0 Å². The van der Waals surface area contributed by atoms with Crippen molar-refractivity contribution in [1.29, 1.82) is 0 Å². The van der Waals surface area contributed by atoms with Crippen LogP contribution in [0.2, 0.25) is 0 Å². The normalized spacial score (nSPS) is 20.0. The summed E-state index contributed by atoms with van der Waals surface area (Å²) in [6.45, 7) is 12.5. The lowest BCUT2D eigenvalue weighted by molar-refractivity contribution is 0.0762. The lowest BCUT2D eigenvalue weighted by Gasteiger charge is -2.45. The zero-order valence-electron chi connectivity index (χ0n) is 21.2. The van der Waals surface area contributed by atoms with Gasteiger partial charge in [0.2, 0.25) is 0 Å². The maximum absolute atomic E-state index is 13.2. The minimum Gasteiger partial charge on any atom is -0.465 e. The number of anilines is 1. The summed E-state index contributed by atoms with van der Waals surface area (Å²) in [5.41, 5.74) is 4.31. The van der Waals surface area contributed by atoms with E-state index in [1.807, 2.05) is 46.8 Å². The van der Waals surface area contributed by atoms with Gasteiger partial charge in [0.25, 0.3) is 11.5 Å². The Hall–Kier alpha value is -2.81. The lowest BCUT2D eigenvalue weighted by atomic mass is 9.91. The Balaban J connectivity index is 1.87. The summed E-state index contributed by atoms with van der Waals surface area (Å²) in [6.07, 6.45) is 0.549.